The number of hydrogen-bond donors (Lipinski definition) is 3. The van der Waals surface area contributed by atoms with Crippen LogP contribution in [0, 0.1) is 5.82 Å². The molecule has 2 rings (SSSR count). The Bertz CT molecular complexity index is 864. The number of ether oxygens (including phenoxy) is 2. The van der Waals surface area contributed by atoms with Crippen molar-refractivity contribution in [1.82, 2.24) is 10.6 Å². The van der Waals surface area contributed by atoms with Crippen LogP contribution in [-0.4, -0.2) is 45.2 Å². The number of guanidine groups is 1. The van der Waals surface area contributed by atoms with E-state index >= 15 is 0 Å². The van der Waals surface area contributed by atoms with Gasteiger partial charge in [-0.1, -0.05) is 12.1 Å². The first-order valence-corrected chi connectivity index (χ1v) is 9.94. The molecule has 0 saturated heterocycles. The molecular formula is C22H30FIN4O3. The molecule has 0 aliphatic carbocycles. The van der Waals surface area contributed by atoms with Crippen molar-refractivity contribution in [3.8, 4) is 11.5 Å². The van der Waals surface area contributed by atoms with Crippen molar-refractivity contribution in [2.45, 2.75) is 20.3 Å². The number of amides is 1. The van der Waals surface area contributed by atoms with E-state index in [2.05, 4.69) is 20.9 Å². The molecule has 0 aromatic heterocycles. The second kappa shape index (κ2) is 14.4. The van der Waals surface area contributed by atoms with Gasteiger partial charge in [0.05, 0.1) is 19.8 Å². The van der Waals surface area contributed by atoms with Gasteiger partial charge in [-0.3, -0.25) is 9.79 Å². The molecule has 0 heterocycles. The fraction of sp³-hybridized carbons (Fsp3) is 0.364. The Morgan fingerprint density at radius 1 is 1.03 bits per heavy atom. The summed E-state index contributed by atoms with van der Waals surface area (Å²) in [5.41, 5.74) is 1.50. The number of rotatable bonds is 10. The normalized spacial score (nSPS) is 10.6. The molecule has 170 valence electrons. The summed E-state index contributed by atoms with van der Waals surface area (Å²) in [6.45, 7) is 5.64. The molecule has 0 saturated carbocycles. The van der Waals surface area contributed by atoms with Crippen LogP contribution in [0.3, 0.4) is 0 Å². The lowest BCUT2D eigenvalue weighted by Gasteiger charge is -2.14. The Morgan fingerprint density at radius 2 is 1.77 bits per heavy atom. The molecule has 0 aliphatic heterocycles. The molecule has 2 aromatic carbocycles. The van der Waals surface area contributed by atoms with Crippen LogP contribution in [-0.2, 0) is 11.2 Å². The average Bonchev–Trinajstić information content (AvgIpc) is 2.72. The van der Waals surface area contributed by atoms with Gasteiger partial charge >= 0.3 is 0 Å². The molecule has 0 atom stereocenters. The van der Waals surface area contributed by atoms with Gasteiger partial charge in [-0.2, -0.15) is 0 Å². The number of halogens is 2. The van der Waals surface area contributed by atoms with Gasteiger partial charge in [-0.25, -0.2) is 4.39 Å². The van der Waals surface area contributed by atoms with Crippen molar-refractivity contribution >= 4 is 41.5 Å². The third kappa shape index (κ3) is 9.41. The van der Waals surface area contributed by atoms with E-state index in [4.69, 9.17) is 9.47 Å². The van der Waals surface area contributed by atoms with Crippen LogP contribution in [0.25, 0.3) is 0 Å². The molecule has 0 aliphatic rings. The molecule has 0 unspecified atom stereocenters. The van der Waals surface area contributed by atoms with Crippen molar-refractivity contribution in [2.24, 2.45) is 4.99 Å². The SMILES string of the molecule is CCOc1ccc(CCNC(=NC)NCC(=O)Nc2cccc(F)c2)cc1OCC.I. The molecule has 31 heavy (non-hydrogen) atoms. The van der Waals surface area contributed by atoms with Crippen LogP contribution < -0.4 is 25.4 Å². The van der Waals surface area contributed by atoms with E-state index in [0.29, 0.717) is 31.4 Å². The molecule has 0 radical (unpaired) electrons. The highest BCUT2D eigenvalue weighted by atomic mass is 127. The van der Waals surface area contributed by atoms with Gasteiger partial charge in [0.15, 0.2) is 17.5 Å². The summed E-state index contributed by atoms with van der Waals surface area (Å²) in [4.78, 5) is 16.1. The van der Waals surface area contributed by atoms with Crippen molar-refractivity contribution in [3.63, 3.8) is 0 Å². The largest absolute Gasteiger partial charge is 0.490 e. The maximum absolute atomic E-state index is 13.2. The number of carbonyl (C=O) groups is 1. The quantitative estimate of drug-likeness (QED) is 0.242. The molecule has 7 nitrogen and oxygen atoms in total. The zero-order valence-corrected chi connectivity index (χ0v) is 20.4. The van der Waals surface area contributed by atoms with Gasteiger partial charge in [0.25, 0.3) is 0 Å². The van der Waals surface area contributed by atoms with Gasteiger partial charge < -0.3 is 25.4 Å². The summed E-state index contributed by atoms with van der Waals surface area (Å²) >= 11 is 0. The minimum Gasteiger partial charge on any atom is -0.490 e. The third-order valence-electron chi connectivity index (χ3n) is 4.06. The summed E-state index contributed by atoms with van der Waals surface area (Å²) in [5, 5.41) is 8.73. The lowest BCUT2D eigenvalue weighted by Crippen LogP contribution is -2.42. The predicted octanol–water partition coefficient (Wildman–Crippen LogP) is 3.59. The number of nitrogens with zero attached hydrogens (tertiary/aromatic N) is 1. The minimum absolute atomic E-state index is 0. The summed E-state index contributed by atoms with van der Waals surface area (Å²) in [5.74, 6) is 1.27. The lowest BCUT2D eigenvalue weighted by molar-refractivity contribution is -0.115. The van der Waals surface area contributed by atoms with Gasteiger partial charge in [-0.05, 0) is 56.2 Å². The average molecular weight is 544 g/mol. The molecule has 0 fully saturated rings. The Hall–Kier alpha value is -2.56. The number of nitrogens with one attached hydrogen (secondary N) is 3. The molecule has 0 bridgehead atoms. The summed E-state index contributed by atoms with van der Waals surface area (Å²) in [6.07, 6.45) is 0.739. The molecule has 0 spiro atoms. The van der Waals surface area contributed by atoms with E-state index in [1.165, 1.54) is 18.2 Å². The van der Waals surface area contributed by atoms with Crippen molar-refractivity contribution in [2.75, 3.05) is 38.7 Å². The van der Waals surface area contributed by atoms with Crippen LogP contribution in [0.4, 0.5) is 10.1 Å². The first-order valence-electron chi connectivity index (χ1n) is 9.94. The Morgan fingerprint density at radius 3 is 2.45 bits per heavy atom. The highest BCUT2D eigenvalue weighted by molar-refractivity contribution is 14.0. The van der Waals surface area contributed by atoms with Crippen LogP contribution in [0.2, 0.25) is 0 Å². The Labute approximate surface area is 199 Å². The van der Waals surface area contributed by atoms with E-state index in [1.807, 2.05) is 32.0 Å². The summed E-state index contributed by atoms with van der Waals surface area (Å²) < 4.78 is 24.4. The van der Waals surface area contributed by atoms with Gasteiger partial charge in [0.1, 0.15) is 5.82 Å². The van der Waals surface area contributed by atoms with Gasteiger partial charge in [0.2, 0.25) is 5.91 Å². The van der Waals surface area contributed by atoms with E-state index in [-0.39, 0.29) is 36.4 Å². The fourth-order valence-corrected chi connectivity index (χ4v) is 2.73. The second-order valence-corrected chi connectivity index (χ2v) is 6.31. The van der Waals surface area contributed by atoms with Crippen LogP contribution in [0.1, 0.15) is 19.4 Å². The first-order chi connectivity index (χ1) is 14.5. The first kappa shape index (κ1) is 26.5. The summed E-state index contributed by atoms with van der Waals surface area (Å²) in [6, 6.07) is 11.6. The predicted molar refractivity (Wildman–Crippen MR) is 132 cm³/mol. The number of carbonyl (C=O) groups excluding carboxylic acids is 1. The van der Waals surface area contributed by atoms with E-state index in [1.54, 1.807) is 13.1 Å². The number of hydrogen-bond acceptors (Lipinski definition) is 4. The second-order valence-electron chi connectivity index (χ2n) is 6.31. The van der Waals surface area contributed by atoms with Crippen LogP contribution >= 0.6 is 24.0 Å². The van der Waals surface area contributed by atoms with Crippen molar-refractivity contribution in [3.05, 3.63) is 53.8 Å². The Balaban J connectivity index is 0.00000480. The topological polar surface area (TPSA) is 84.0 Å². The van der Waals surface area contributed by atoms with Crippen LogP contribution in [0.5, 0.6) is 11.5 Å². The van der Waals surface area contributed by atoms with Gasteiger partial charge in [-0.15, -0.1) is 24.0 Å². The monoisotopic (exact) mass is 544 g/mol. The van der Waals surface area contributed by atoms with Gasteiger partial charge in [0, 0.05) is 19.3 Å². The minimum atomic E-state index is -0.403. The zero-order valence-electron chi connectivity index (χ0n) is 18.0. The molecule has 9 heteroatoms. The fourth-order valence-electron chi connectivity index (χ4n) is 2.73. The summed E-state index contributed by atoms with van der Waals surface area (Å²) in [7, 11) is 1.63. The van der Waals surface area contributed by atoms with Crippen molar-refractivity contribution < 1.29 is 18.7 Å². The Kier molecular flexibility index (Phi) is 12.3. The third-order valence-corrected chi connectivity index (χ3v) is 4.06. The van der Waals surface area contributed by atoms with Crippen LogP contribution in [0.15, 0.2) is 47.5 Å². The van der Waals surface area contributed by atoms with E-state index in [9.17, 15) is 9.18 Å². The van der Waals surface area contributed by atoms with Crippen molar-refractivity contribution in [1.29, 1.82) is 0 Å². The van der Waals surface area contributed by atoms with E-state index in [0.717, 1.165) is 23.5 Å². The number of benzene rings is 2. The lowest BCUT2D eigenvalue weighted by atomic mass is 10.1. The molecule has 2 aromatic rings. The molecule has 1 amide bonds. The number of anilines is 1. The molecular weight excluding hydrogens is 514 g/mol. The number of aliphatic imine (C=N–C) groups is 1. The highest BCUT2D eigenvalue weighted by Crippen LogP contribution is 2.28. The van der Waals surface area contributed by atoms with E-state index < -0.39 is 5.82 Å². The highest BCUT2D eigenvalue weighted by Gasteiger charge is 2.08. The molecule has 3 N–H and O–H groups in total. The smallest absolute Gasteiger partial charge is 0.243 e. The maximum atomic E-state index is 13.2. The zero-order chi connectivity index (χ0) is 21.8. The standard InChI is InChI=1S/C22H29FN4O3.HI/c1-4-29-19-10-9-16(13-20(19)30-5-2)11-12-25-22(24-3)26-15-21(28)27-18-8-6-7-17(23)14-18;/h6-10,13-14H,4-5,11-12,15H2,1-3H3,(H,27,28)(H2,24,25,26);1H. The maximum Gasteiger partial charge on any atom is 0.243 e.